The smallest absolute Gasteiger partial charge is 0.339 e. The van der Waals surface area contributed by atoms with Gasteiger partial charge >= 0.3 is 5.97 Å². The normalized spacial score (nSPS) is 11.1. The molecule has 2 nitrogen and oxygen atoms in total. The first-order chi connectivity index (χ1) is 6.29. The first-order valence-electron chi connectivity index (χ1n) is 3.73. The van der Waals surface area contributed by atoms with Crippen molar-refractivity contribution in [1.82, 2.24) is 0 Å². The van der Waals surface area contributed by atoms with Crippen LogP contribution in [0.5, 0.6) is 0 Å². The predicted octanol–water partition coefficient (Wildman–Crippen LogP) is 2.44. The Kier molecular flexibility index (Phi) is 3.53. The summed E-state index contributed by atoms with van der Waals surface area (Å²) in [6, 6.07) is 9.13. The van der Waals surface area contributed by atoms with Crippen LogP contribution in [0.2, 0.25) is 0 Å². The molecule has 13 heavy (non-hydrogen) atoms. The Morgan fingerprint density at radius 2 is 2.00 bits per heavy atom. The molecule has 0 aliphatic rings. The van der Waals surface area contributed by atoms with Crippen LogP contribution < -0.4 is 0 Å². The molecular weight excluding hydrogens is 188 g/mol. The number of esters is 1. The van der Waals surface area contributed by atoms with Gasteiger partial charge in [0, 0.05) is 5.54 Å². The van der Waals surface area contributed by atoms with Crippen LogP contribution in [-0.4, -0.2) is 13.1 Å². The van der Waals surface area contributed by atoms with Crippen LogP contribution in [0.1, 0.15) is 5.56 Å². The van der Waals surface area contributed by atoms with Crippen molar-refractivity contribution in [3.8, 4) is 0 Å². The fourth-order valence-electron chi connectivity index (χ4n) is 0.953. The van der Waals surface area contributed by atoms with Crippen LogP contribution in [0.3, 0.4) is 0 Å². The summed E-state index contributed by atoms with van der Waals surface area (Å²) in [5.41, 5.74) is 2.34. The number of rotatable bonds is 2. The van der Waals surface area contributed by atoms with E-state index in [0.717, 1.165) is 5.56 Å². The average Bonchev–Trinajstić information content (AvgIpc) is 2.20. The molecule has 68 valence electrons. The maximum atomic E-state index is 11.2. The van der Waals surface area contributed by atoms with E-state index >= 15 is 0 Å². The first kappa shape index (κ1) is 9.81. The molecule has 0 atom stereocenters. The Morgan fingerprint density at radius 1 is 1.38 bits per heavy atom. The van der Waals surface area contributed by atoms with E-state index in [2.05, 4.69) is 4.74 Å². The summed E-state index contributed by atoms with van der Waals surface area (Å²) in [4.78, 5) is 11.2. The van der Waals surface area contributed by atoms with Crippen molar-refractivity contribution in [3.63, 3.8) is 0 Å². The number of halogens is 1. The summed E-state index contributed by atoms with van der Waals surface area (Å²) in [5, 5.41) is 0. The number of ether oxygens (including phenoxy) is 1. The lowest BCUT2D eigenvalue weighted by Crippen LogP contribution is -2.02. The molecule has 0 aromatic heterocycles. The topological polar surface area (TPSA) is 26.3 Å². The van der Waals surface area contributed by atoms with Gasteiger partial charge in [-0.15, -0.1) is 0 Å². The molecule has 0 aliphatic carbocycles. The Labute approximate surface area is 81.8 Å². The van der Waals surface area contributed by atoms with Gasteiger partial charge in [0.2, 0.25) is 0 Å². The second-order valence-corrected chi connectivity index (χ2v) is 2.60. The number of hydrogen-bond acceptors (Lipinski definition) is 2. The number of hydrogen-bond donors (Lipinski definition) is 0. The quantitative estimate of drug-likeness (QED) is 0.537. The fraction of sp³-hybridized carbons (Fsp3) is 0.100. The Morgan fingerprint density at radius 3 is 2.46 bits per heavy atom. The third-order valence-electron chi connectivity index (χ3n) is 1.60. The van der Waals surface area contributed by atoms with Gasteiger partial charge in [-0.05, 0) is 5.56 Å². The molecule has 1 aromatic carbocycles. The van der Waals surface area contributed by atoms with E-state index in [1.807, 2.05) is 18.2 Å². The third-order valence-corrected chi connectivity index (χ3v) is 1.82. The SMILES string of the molecule is COC(=O)/C(=C/Cl)c1ccccc1. The molecule has 0 fully saturated rings. The molecule has 0 N–H and O–H groups in total. The Bertz CT molecular complexity index is 317. The van der Waals surface area contributed by atoms with Gasteiger partial charge in [-0.3, -0.25) is 0 Å². The molecule has 0 unspecified atom stereocenters. The van der Waals surface area contributed by atoms with Crippen molar-refractivity contribution in [2.24, 2.45) is 0 Å². The molecule has 1 aromatic rings. The lowest BCUT2D eigenvalue weighted by atomic mass is 10.1. The molecule has 0 saturated heterocycles. The number of benzene rings is 1. The molecule has 0 aliphatic heterocycles. The second kappa shape index (κ2) is 4.67. The van der Waals surface area contributed by atoms with Crippen LogP contribution in [-0.2, 0) is 9.53 Å². The van der Waals surface area contributed by atoms with E-state index in [1.54, 1.807) is 12.1 Å². The largest absolute Gasteiger partial charge is 0.465 e. The summed E-state index contributed by atoms with van der Waals surface area (Å²) in [5.74, 6) is -0.429. The standard InChI is InChI=1S/C10H9ClO2/c1-13-10(12)9(7-11)8-5-3-2-4-6-8/h2-7H,1H3/b9-7+. The van der Waals surface area contributed by atoms with Gasteiger partial charge in [0.05, 0.1) is 12.7 Å². The highest BCUT2D eigenvalue weighted by Gasteiger charge is 2.10. The van der Waals surface area contributed by atoms with E-state index in [0.29, 0.717) is 5.57 Å². The number of carbonyl (C=O) groups is 1. The van der Waals surface area contributed by atoms with Crippen LogP contribution in [0.25, 0.3) is 5.57 Å². The van der Waals surface area contributed by atoms with Gasteiger partial charge in [-0.1, -0.05) is 41.9 Å². The summed E-state index contributed by atoms with van der Waals surface area (Å²) >= 11 is 5.51. The Hall–Kier alpha value is -1.28. The lowest BCUT2D eigenvalue weighted by Gasteiger charge is -2.02. The summed E-state index contributed by atoms with van der Waals surface area (Å²) in [6.07, 6.45) is 0. The average molecular weight is 197 g/mol. The van der Waals surface area contributed by atoms with Crippen molar-refractivity contribution >= 4 is 23.1 Å². The van der Waals surface area contributed by atoms with Crippen LogP contribution >= 0.6 is 11.6 Å². The van der Waals surface area contributed by atoms with E-state index in [9.17, 15) is 4.79 Å². The number of methoxy groups -OCH3 is 1. The van der Waals surface area contributed by atoms with Crippen LogP contribution in [0.15, 0.2) is 35.9 Å². The number of carbonyl (C=O) groups excluding carboxylic acids is 1. The molecule has 0 amide bonds. The van der Waals surface area contributed by atoms with Crippen LogP contribution in [0, 0.1) is 0 Å². The molecule has 1 rings (SSSR count). The van der Waals surface area contributed by atoms with Crippen molar-refractivity contribution < 1.29 is 9.53 Å². The molecule has 0 spiro atoms. The van der Waals surface area contributed by atoms with Gasteiger partial charge in [-0.25, -0.2) is 4.79 Å². The fourth-order valence-corrected chi connectivity index (χ4v) is 1.17. The zero-order chi connectivity index (χ0) is 9.68. The van der Waals surface area contributed by atoms with Gasteiger partial charge in [0.15, 0.2) is 0 Å². The zero-order valence-electron chi connectivity index (χ0n) is 7.16. The maximum Gasteiger partial charge on any atom is 0.339 e. The van der Waals surface area contributed by atoms with Crippen LogP contribution in [0.4, 0.5) is 0 Å². The van der Waals surface area contributed by atoms with Gasteiger partial charge in [0.1, 0.15) is 0 Å². The zero-order valence-corrected chi connectivity index (χ0v) is 7.91. The Balaban J connectivity index is 3.00. The van der Waals surface area contributed by atoms with Gasteiger partial charge in [-0.2, -0.15) is 0 Å². The highest BCUT2D eigenvalue weighted by molar-refractivity contribution is 6.34. The van der Waals surface area contributed by atoms with E-state index in [4.69, 9.17) is 11.6 Å². The van der Waals surface area contributed by atoms with Crippen molar-refractivity contribution in [1.29, 1.82) is 0 Å². The summed E-state index contributed by atoms with van der Waals surface area (Å²) in [6.45, 7) is 0. The minimum Gasteiger partial charge on any atom is -0.465 e. The molecular formula is C10H9ClO2. The van der Waals surface area contributed by atoms with E-state index in [-0.39, 0.29) is 0 Å². The molecule has 0 saturated carbocycles. The highest BCUT2D eigenvalue weighted by Crippen LogP contribution is 2.16. The highest BCUT2D eigenvalue weighted by atomic mass is 35.5. The maximum absolute atomic E-state index is 11.2. The summed E-state index contributed by atoms with van der Waals surface area (Å²) < 4.78 is 4.57. The van der Waals surface area contributed by atoms with E-state index in [1.165, 1.54) is 12.6 Å². The minimum atomic E-state index is -0.429. The van der Waals surface area contributed by atoms with Crippen molar-refractivity contribution in [2.45, 2.75) is 0 Å². The monoisotopic (exact) mass is 196 g/mol. The molecule has 0 heterocycles. The van der Waals surface area contributed by atoms with Crippen molar-refractivity contribution in [3.05, 3.63) is 41.4 Å². The minimum absolute atomic E-state index is 0.366. The first-order valence-corrected chi connectivity index (χ1v) is 4.17. The van der Waals surface area contributed by atoms with Gasteiger partial charge in [0.25, 0.3) is 0 Å². The third kappa shape index (κ3) is 2.33. The molecule has 0 bridgehead atoms. The molecule has 0 radical (unpaired) electrons. The van der Waals surface area contributed by atoms with Crippen molar-refractivity contribution in [2.75, 3.05) is 7.11 Å². The second-order valence-electron chi connectivity index (χ2n) is 2.38. The van der Waals surface area contributed by atoms with E-state index < -0.39 is 5.97 Å². The van der Waals surface area contributed by atoms with Gasteiger partial charge < -0.3 is 4.74 Å². The molecule has 3 heteroatoms. The summed E-state index contributed by atoms with van der Waals surface area (Å²) in [7, 11) is 1.33. The predicted molar refractivity (Wildman–Crippen MR) is 52.3 cm³/mol. The lowest BCUT2D eigenvalue weighted by molar-refractivity contribution is -0.133.